The van der Waals surface area contributed by atoms with Crippen LogP contribution in [-0.2, 0) is 14.3 Å². The quantitative estimate of drug-likeness (QED) is 0.628. The van der Waals surface area contributed by atoms with Crippen molar-refractivity contribution in [3.63, 3.8) is 0 Å². The van der Waals surface area contributed by atoms with Crippen LogP contribution in [0.25, 0.3) is 0 Å². The van der Waals surface area contributed by atoms with Gasteiger partial charge in [0, 0.05) is 13.2 Å². The summed E-state index contributed by atoms with van der Waals surface area (Å²) in [6.07, 6.45) is 3.53. The van der Waals surface area contributed by atoms with Crippen LogP contribution < -0.4 is 5.32 Å². The van der Waals surface area contributed by atoms with Crippen LogP contribution in [0.3, 0.4) is 0 Å². The van der Waals surface area contributed by atoms with E-state index < -0.39 is 0 Å². The van der Waals surface area contributed by atoms with Crippen molar-refractivity contribution >= 4 is 11.8 Å². The molecule has 0 aromatic carbocycles. The molecule has 0 aliphatic carbocycles. The number of piperazine rings is 1. The molecule has 1 atom stereocenters. The van der Waals surface area contributed by atoms with Crippen LogP contribution in [0.5, 0.6) is 0 Å². The summed E-state index contributed by atoms with van der Waals surface area (Å²) in [5, 5.41) is 2.29. The first-order valence-electron chi connectivity index (χ1n) is 5.40. The maximum Gasteiger partial charge on any atom is 0.240 e. The minimum absolute atomic E-state index is 0.192. The minimum Gasteiger partial charge on any atom is -0.377 e. The van der Waals surface area contributed by atoms with Gasteiger partial charge in [0.05, 0.1) is 19.2 Å². The van der Waals surface area contributed by atoms with Gasteiger partial charge in [-0.3, -0.25) is 19.8 Å². The van der Waals surface area contributed by atoms with Crippen LogP contribution in [0.15, 0.2) is 0 Å². The number of nitrogens with one attached hydrogen (secondary N) is 1. The van der Waals surface area contributed by atoms with Crippen molar-refractivity contribution in [2.75, 3.05) is 26.2 Å². The Morgan fingerprint density at radius 3 is 2.60 bits per heavy atom. The third-order valence-electron chi connectivity index (χ3n) is 2.75. The van der Waals surface area contributed by atoms with E-state index in [-0.39, 0.29) is 17.9 Å². The van der Waals surface area contributed by atoms with Crippen LogP contribution in [0, 0.1) is 0 Å². The second-order valence-corrected chi connectivity index (χ2v) is 4.13. The molecule has 5 heteroatoms. The first-order valence-corrected chi connectivity index (χ1v) is 5.40. The lowest BCUT2D eigenvalue weighted by atomic mass is 10.1. The van der Waals surface area contributed by atoms with Gasteiger partial charge in [0.15, 0.2) is 0 Å². The topological polar surface area (TPSA) is 58.6 Å². The van der Waals surface area contributed by atoms with Gasteiger partial charge in [-0.05, 0) is 19.3 Å². The molecule has 84 valence electrons. The highest BCUT2D eigenvalue weighted by atomic mass is 16.5. The summed E-state index contributed by atoms with van der Waals surface area (Å²) in [7, 11) is 0. The molecular formula is C10H16N2O3. The molecule has 1 N–H and O–H groups in total. The van der Waals surface area contributed by atoms with E-state index in [1.54, 1.807) is 0 Å². The molecule has 2 rings (SSSR count). The van der Waals surface area contributed by atoms with Crippen LogP contribution in [0.4, 0.5) is 0 Å². The Balaban J connectivity index is 1.82. The van der Waals surface area contributed by atoms with Crippen molar-refractivity contribution in [1.29, 1.82) is 0 Å². The maximum atomic E-state index is 11.1. The summed E-state index contributed by atoms with van der Waals surface area (Å²) in [6, 6.07) is 0. The third kappa shape index (κ3) is 3.00. The molecule has 0 bridgehead atoms. The normalized spacial score (nSPS) is 28.9. The number of nitrogens with zero attached hydrogens (tertiary/aromatic N) is 1. The zero-order valence-corrected chi connectivity index (χ0v) is 8.70. The van der Waals surface area contributed by atoms with Crippen LogP contribution in [-0.4, -0.2) is 49.1 Å². The Morgan fingerprint density at radius 1 is 1.27 bits per heavy atom. The molecule has 2 fully saturated rings. The Kier molecular flexibility index (Phi) is 3.33. The number of amides is 2. The molecule has 2 aliphatic rings. The molecule has 0 radical (unpaired) electrons. The van der Waals surface area contributed by atoms with E-state index in [9.17, 15) is 9.59 Å². The second-order valence-electron chi connectivity index (χ2n) is 4.13. The number of hydrogen-bond donors (Lipinski definition) is 1. The highest BCUT2D eigenvalue weighted by Gasteiger charge is 2.25. The molecule has 2 heterocycles. The van der Waals surface area contributed by atoms with Gasteiger partial charge < -0.3 is 4.74 Å². The predicted octanol–water partition coefficient (Wildman–Crippen LogP) is -0.486. The van der Waals surface area contributed by atoms with Gasteiger partial charge >= 0.3 is 0 Å². The van der Waals surface area contributed by atoms with Gasteiger partial charge in [0.1, 0.15) is 0 Å². The lowest BCUT2D eigenvalue weighted by Crippen LogP contribution is -2.53. The highest BCUT2D eigenvalue weighted by molar-refractivity contribution is 5.99. The van der Waals surface area contributed by atoms with E-state index in [1.165, 1.54) is 6.42 Å². The molecule has 0 spiro atoms. The van der Waals surface area contributed by atoms with E-state index in [0.717, 1.165) is 19.4 Å². The summed E-state index contributed by atoms with van der Waals surface area (Å²) in [6.45, 7) is 2.12. The lowest BCUT2D eigenvalue weighted by molar-refractivity contribution is -0.137. The first kappa shape index (κ1) is 10.6. The molecular weight excluding hydrogens is 196 g/mol. The number of ether oxygens (including phenoxy) is 1. The van der Waals surface area contributed by atoms with Crippen molar-refractivity contribution in [2.24, 2.45) is 0 Å². The maximum absolute atomic E-state index is 11.1. The number of hydrogen-bond acceptors (Lipinski definition) is 4. The van der Waals surface area contributed by atoms with Crippen LogP contribution >= 0.6 is 0 Å². The van der Waals surface area contributed by atoms with Crippen molar-refractivity contribution in [3.8, 4) is 0 Å². The Labute approximate surface area is 88.8 Å². The molecule has 1 unspecified atom stereocenters. The molecule has 0 aromatic heterocycles. The lowest BCUT2D eigenvalue weighted by Gasteiger charge is -2.31. The highest BCUT2D eigenvalue weighted by Crippen LogP contribution is 2.14. The Morgan fingerprint density at radius 2 is 2.00 bits per heavy atom. The third-order valence-corrected chi connectivity index (χ3v) is 2.75. The van der Waals surface area contributed by atoms with Crippen molar-refractivity contribution in [1.82, 2.24) is 10.2 Å². The number of carbonyl (C=O) groups excluding carboxylic acids is 2. The Hall–Kier alpha value is -0.940. The van der Waals surface area contributed by atoms with E-state index in [0.29, 0.717) is 19.6 Å². The summed E-state index contributed by atoms with van der Waals surface area (Å²) in [4.78, 5) is 24.1. The SMILES string of the molecule is O=C1CN(CC2CCCCO2)CC(=O)N1. The molecule has 0 saturated carbocycles. The summed E-state index contributed by atoms with van der Waals surface area (Å²) < 4.78 is 5.57. The summed E-state index contributed by atoms with van der Waals surface area (Å²) >= 11 is 0. The van der Waals surface area contributed by atoms with Gasteiger partial charge in [-0.2, -0.15) is 0 Å². The van der Waals surface area contributed by atoms with E-state index in [1.807, 2.05) is 4.90 Å². The molecule has 2 saturated heterocycles. The van der Waals surface area contributed by atoms with Crippen LogP contribution in [0.1, 0.15) is 19.3 Å². The molecule has 15 heavy (non-hydrogen) atoms. The predicted molar refractivity (Wildman–Crippen MR) is 53.2 cm³/mol. The van der Waals surface area contributed by atoms with Crippen LogP contribution in [0.2, 0.25) is 0 Å². The Bertz CT molecular complexity index is 245. The summed E-state index contributed by atoms with van der Waals surface area (Å²) in [5.41, 5.74) is 0. The summed E-state index contributed by atoms with van der Waals surface area (Å²) in [5.74, 6) is -0.413. The standard InChI is InChI=1S/C10H16N2O3/c13-9-6-12(7-10(14)11-9)5-8-3-1-2-4-15-8/h8H,1-7H2,(H,11,13,14). The fourth-order valence-corrected chi connectivity index (χ4v) is 2.07. The smallest absolute Gasteiger partial charge is 0.240 e. The fraction of sp³-hybridized carbons (Fsp3) is 0.800. The van der Waals surface area contributed by atoms with Crippen molar-refractivity contribution in [3.05, 3.63) is 0 Å². The first-order chi connectivity index (χ1) is 7.24. The average molecular weight is 212 g/mol. The molecule has 2 amide bonds. The number of imide groups is 1. The molecule has 2 aliphatic heterocycles. The monoisotopic (exact) mass is 212 g/mol. The average Bonchev–Trinajstić information content (AvgIpc) is 2.17. The molecule has 5 nitrogen and oxygen atoms in total. The number of carbonyl (C=O) groups is 2. The largest absolute Gasteiger partial charge is 0.377 e. The van der Waals surface area contributed by atoms with Gasteiger partial charge in [-0.25, -0.2) is 0 Å². The van der Waals surface area contributed by atoms with Gasteiger partial charge in [0.2, 0.25) is 11.8 Å². The van der Waals surface area contributed by atoms with E-state index >= 15 is 0 Å². The van der Waals surface area contributed by atoms with E-state index in [4.69, 9.17) is 4.74 Å². The van der Waals surface area contributed by atoms with E-state index in [2.05, 4.69) is 5.32 Å². The van der Waals surface area contributed by atoms with Gasteiger partial charge in [0.25, 0.3) is 0 Å². The zero-order chi connectivity index (χ0) is 10.7. The number of rotatable bonds is 2. The fourth-order valence-electron chi connectivity index (χ4n) is 2.07. The van der Waals surface area contributed by atoms with Crippen molar-refractivity contribution < 1.29 is 14.3 Å². The minimum atomic E-state index is -0.206. The van der Waals surface area contributed by atoms with Crippen molar-refractivity contribution in [2.45, 2.75) is 25.4 Å². The van der Waals surface area contributed by atoms with Gasteiger partial charge in [-0.15, -0.1) is 0 Å². The molecule has 0 aromatic rings. The zero-order valence-electron chi connectivity index (χ0n) is 8.70. The second kappa shape index (κ2) is 4.72. The van der Waals surface area contributed by atoms with Gasteiger partial charge in [-0.1, -0.05) is 0 Å².